The summed E-state index contributed by atoms with van der Waals surface area (Å²) in [4.78, 5) is 19.8. The topological polar surface area (TPSA) is 81.4 Å². The van der Waals surface area contributed by atoms with Crippen molar-refractivity contribution in [2.75, 3.05) is 12.0 Å². The minimum absolute atomic E-state index is 0.165. The Morgan fingerprint density at radius 3 is 3.12 bits per heavy atom. The molecule has 7 nitrogen and oxygen atoms in total. The zero-order valence-electron chi connectivity index (χ0n) is 13.9. The highest BCUT2D eigenvalue weighted by atomic mass is 79.9. The van der Waals surface area contributed by atoms with Crippen LogP contribution in [0.25, 0.3) is 5.69 Å². The number of carbonyl (C=O) groups is 1. The lowest BCUT2D eigenvalue weighted by molar-refractivity contribution is -0.142. The molecule has 1 aromatic carbocycles. The first-order valence-electron chi connectivity index (χ1n) is 7.82. The first-order chi connectivity index (χ1) is 12.7. The first-order valence-corrected chi connectivity index (χ1v) is 9.50. The highest BCUT2D eigenvalue weighted by Crippen LogP contribution is 2.22. The normalized spacial score (nSPS) is 11.0. The summed E-state index contributed by atoms with van der Waals surface area (Å²) in [5.74, 6) is -0.282. The summed E-state index contributed by atoms with van der Waals surface area (Å²) in [6, 6.07) is 5.90. The number of carbonyl (C=O) groups excluding carboxylic acids is 1. The molecule has 0 saturated carbocycles. The number of esters is 1. The predicted molar refractivity (Wildman–Crippen MR) is 105 cm³/mol. The highest BCUT2D eigenvalue weighted by molar-refractivity contribution is 9.10. The minimum Gasteiger partial charge on any atom is -0.466 e. The zero-order chi connectivity index (χ0) is 18.4. The molecule has 9 heteroatoms. The molecule has 0 spiro atoms. The number of hydrazone groups is 1. The van der Waals surface area contributed by atoms with Crippen LogP contribution in [0.3, 0.4) is 0 Å². The van der Waals surface area contributed by atoms with Gasteiger partial charge >= 0.3 is 5.97 Å². The van der Waals surface area contributed by atoms with E-state index in [1.807, 2.05) is 34.3 Å². The molecule has 0 unspecified atom stereocenters. The number of thiazole rings is 1. The van der Waals surface area contributed by atoms with Crippen molar-refractivity contribution in [3.63, 3.8) is 0 Å². The number of imidazole rings is 1. The fourth-order valence-corrected chi connectivity index (χ4v) is 3.44. The molecule has 0 bridgehead atoms. The van der Waals surface area contributed by atoms with Crippen LogP contribution in [0.5, 0.6) is 0 Å². The number of ether oxygens (including phenoxy) is 1. The summed E-state index contributed by atoms with van der Waals surface area (Å²) < 4.78 is 7.76. The monoisotopic (exact) mass is 433 g/mol. The van der Waals surface area contributed by atoms with Crippen LogP contribution in [0, 0.1) is 0 Å². The van der Waals surface area contributed by atoms with Crippen molar-refractivity contribution >= 4 is 44.6 Å². The summed E-state index contributed by atoms with van der Waals surface area (Å²) in [6.45, 7) is 2.15. The van der Waals surface area contributed by atoms with Gasteiger partial charge in [-0.25, -0.2) is 9.97 Å². The van der Waals surface area contributed by atoms with Crippen LogP contribution >= 0.6 is 27.3 Å². The zero-order valence-corrected chi connectivity index (χ0v) is 16.3. The predicted octanol–water partition coefficient (Wildman–Crippen LogP) is 3.64. The Hall–Kier alpha value is -2.52. The van der Waals surface area contributed by atoms with Crippen LogP contribution in [0.15, 0.2) is 51.9 Å². The fraction of sp³-hybridized carbons (Fsp3) is 0.176. The van der Waals surface area contributed by atoms with E-state index in [1.54, 1.807) is 25.7 Å². The molecule has 2 heterocycles. The number of nitrogens with one attached hydrogen (secondary N) is 1. The lowest BCUT2D eigenvalue weighted by Crippen LogP contribution is -2.07. The average Bonchev–Trinajstić information content (AvgIpc) is 3.27. The largest absolute Gasteiger partial charge is 0.466 e. The SMILES string of the molecule is CCOC(=O)Cc1csc(NN=Cc2ccc(-n3ccnc3)c(Br)c2)n1. The van der Waals surface area contributed by atoms with Crippen LogP contribution in [-0.4, -0.2) is 33.3 Å². The molecule has 3 rings (SSSR count). The van der Waals surface area contributed by atoms with Gasteiger partial charge in [-0.05, 0) is 40.5 Å². The van der Waals surface area contributed by atoms with E-state index in [-0.39, 0.29) is 12.4 Å². The molecule has 0 aliphatic carbocycles. The Morgan fingerprint density at radius 1 is 1.50 bits per heavy atom. The molecule has 0 radical (unpaired) electrons. The van der Waals surface area contributed by atoms with Crippen molar-refractivity contribution in [3.8, 4) is 5.69 Å². The Bertz CT molecular complexity index is 908. The number of hydrogen-bond donors (Lipinski definition) is 1. The summed E-state index contributed by atoms with van der Waals surface area (Å²) in [5, 5.41) is 6.62. The minimum atomic E-state index is -0.282. The van der Waals surface area contributed by atoms with Crippen LogP contribution in [0.2, 0.25) is 0 Å². The first kappa shape index (κ1) is 18.3. The Morgan fingerprint density at radius 2 is 2.38 bits per heavy atom. The van der Waals surface area contributed by atoms with Gasteiger partial charge in [-0.3, -0.25) is 10.2 Å². The third kappa shape index (κ3) is 4.77. The molecule has 3 aromatic rings. The Balaban J connectivity index is 1.60. The number of nitrogens with zero attached hydrogens (tertiary/aromatic N) is 4. The van der Waals surface area contributed by atoms with Gasteiger partial charge in [0.15, 0.2) is 0 Å². The summed E-state index contributed by atoms with van der Waals surface area (Å²) >= 11 is 4.94. The lowest BCUT2D eigenvalue weighted by atomic mass is 10.2. The molecule has 0 atom stereocenters. The smallest absolute Gasteiger partial charge is 0.311 e. The molecule has 0 aliphatic heterocycles. The second kappa shape index (κ2) is 8.72. The van der Waals surface area contributed by atoms with Crippen molar-refractivity contribution in [3.05, 3.63) is 58.0 Å². The van der Waals surface area contributed by atoms with Crippen LogP contribution in [0.1, 0.15) is 18.2 Å². The average molecular weight is 434 g/mol. The number of hydrogen-bond acceptors (Lipinski definition) is 7. The lowest BCUT2D eigenvalue weighted by Gasteiger charge is -2.05. The quantitative estimate of drug-likeness (QED) is 0.349. The van der Waals surface area contributed by atoms with Crippen molar-refractivity contribution < 1.29 is 9.53 Å². The van der Waals surface area contributed by atoms with E-state index in [1.165, 1.54) is 11.3 Å². The van der Waals surface area contributed by atoms with Crippen molar-refractivity contribution in [1.29, 1.82) is 0 Å². The molecule has 0 fully saturated rings. The molecular formula is C17H16BrN5O2S. The number of benzene rings is 1. The van der Waals surface area contributed by atoms with Gasteiger partial charge in [0.05, 0.1) is 37.0 Å². The maximum Gasteiger partial charge on any atom is 0.311 e. The van der Waals surface area contributed by atoms with Crippen LogP contribution < -0.4 is 5.43 Å². The third-order valence-electron chi connectivity index (χ3n) is 3.31. The molecule has 0 aliphatic rings. The summed E-state index contributed by atoms with van der Waals surface area (Å²) in [5.41, 5.74) is 5.46. The van der Waals surface area contributed by atoms with Gasteiger partial charge in [0.25, 0.3) is 0 Å². The van der Waals surface area contributed by atoms with Crippen LogP contribution in [-0.2, 0) is 16.0 Å². The molecule has 2 aromatic heterocycles. The highest BCUT2D eigenvalue weighted by Gasteiger charge is 2.08. The van der Waals surface area contributed by atoms with Gasteiger partial charge in [-0.1, -0.05) is 6.07 Å². The number of aromatic nitrogens is 3. The molecule has 1 N–H and O–H groups in total. The van der Waals surface area contributed by atoms with E-state index in [4.69, 9.17) is 4.74 Å². The van der Waals surface area contributed by atoms with E-state index in [2.05, 4.69) is 36.4 Å². The van der Waals surface area contributed by atoms with Gasteiger partial charge < -0.3 is 9.30 Å². The van der Waals surface area contributed by atoms with Crippen LogP contribution in [0.4, 0.5) is 5.13 Å². The maximum absolute atomic E-state index is 11.4. The van der Waals surface area contributed by atoms with Gasteiger partial charge in [0.1, 0.15) is 0 Å². The standard InChI is InChI=1S/C17H16BrN5O2S/c1-2-25-16(24)8-13-10-26-17(21-13)22-20-9-12-3-4-15(14(18)7-12)23-6-5-19-11-23/h3-7,9-11H,2,8H2,1H3,(H,21,22). The van der Waals surface area contributed by atoms with E-state index in [0.29, 0.717) is 17.4 Å². The van der Waals surface area contributed by atoms with Gasteiger partial charge in [-0.2, -0.15) is 5.10 Å². The van der Waals surface area contributed by atoms with E-state index in [9.17, 15) is 4.79 Å². The van der Waals surface area contributed by atoms with E-state index >= 15 is 0 Å². The number of rotatable bonds is 7. The van der Waals surface area contributed by atoms with Crippen molar-refractivity contribution in [1.82, 2.24) is 14.5 Å². The third-order valence-corrected chi connectivity index (χ3v) is 4.74. The number of anilines is 1. The molecule has 0 saturated heterocycles. The summed E-state index contributed by atoms with van der Waals surface area (Å²) in [6.07, 6.45) is 7.22. The van der Waals surface area contributed by atoms with E-state index in [0.717, 1.165) is 15.7 Å². The van der Waals surface area contributed by atoms with Crippen molar-refractivity contribution in [2.24, 2.45) is 5.10 Å². The second-order valence-corrected chi connectivity index (χ2v) is 6.89. The van der Waals surface area contributed by atoms with E-state index < -0.39 is 0 Å². The van der Waals surface area contributed by atoms with Crippen molar-refractivity contribution in [2.45, 2.75) is 13.3 Å². The molecule has 26 heavy (non-hydrogen) atoms. The Kier molecular flexibility index (Phi) is 6.13. The molecule has 134 valence electrons. The maximum atomic E-state index is 11.4. The fourth-order valence-electron chi connectivity index (χ4n) is 2.18. The Labute approximate surface area is 162 Å². The molecule has 0 amide bonds. The van der Waals surface area contributed by atoms with Gasteiger partial charge in [0.2, 0.25) is 5.13 Å². The molecular weight excluding hydrogens is 418 g/mol. The summed E-state index contributed by atoms with van der Waals surface area (Å²) in [7, 11) is 0. The second-order valence-electron chi connectivity index (χ2n) is 5.18. The van der Waals surface area contributed by atoms with Gasteiger partial charge in [-0.15, -0.1) is 11.3 Å². The number of halogens is 1. The van der Waals surface area contributed by atoms with Gasteiger partial charge in [0, 0.05) is 22.2 Å².